The van der Waals surface area contributed by atoms with Gasteiger partial charge in [-0.3, -0.25) is 4.79 Å². The molecule has 3 aromatic carbocycles. The molecule has 0 spiro atoms. The fourth-order valence-corrected chi connectivity index (χ4v) is 3.02. The molecule has 1 N–H and O–H groups in total. The first kappa shape index (κ1) is 21.2. The van der Waals surface area contributed by atoms with Crippen molar-refractivity contribution in [1.29, 1.82) is 0 Å². The fourth-order valence-electron chi connectivity index (χ4n) is 3.02. The minimum Gasteiger partial charge on any atom is -0.493 e. The second-order valence-electron chi connectivity index (χ2n) is 6.92. The van der Waals surface area contributed by atoms with Crippen molar-refractivity contribution < 1.29 is 28.1 Å². The highest BCUT2D eigenvalue weighted by Crippen LogP contribution is 2.31. The largest absolute Gasteiger partial charge is 0.493 e. The quantitative estimate of drug-likeness (QED) is 0.451. The Kier molecular flexibility index (Phi) is 6.50. The predicted molar refractivity (Wildman–Crippen MR) is 116 cm³/mol. The van der Waals surface area contributed by atoms with Gasteiger partial charge < -0.3 is 18.9 Å². The van der Waals surface area contributed by atoms with Crippen LogP contribution in [0.1, 0.15) is 11.1 Å². The number of para-hydroxylation sites is 2. The van der Waals surface area contributed by atoms with Gasteiger partial charge in [-0.15, -0.1) is 0 Å². The molecule has 0 fully saturated rings. The lowest BCUT2D eigenvalue weighted by Crippen LogP contribution is -2.42. The second-order valence-corrected chi connectivity index (χ2v) is 6.92. The van der Waals surface area contributed by atoms with E-state index in [0.717, 1.165) is 5.56 Å². The molecule has 1 heterocycles. The Labute approximate surface area is 184 Å². The number of carbonyl (C=O) groups excluding carboxylic acids is 1. The van der Waals surface area contributed by atoms with Crippen LogP contribution in [-0.4, -0.2) is 31.9 Å². The molecule has 0 saturated heterocycles. The van der Waals surface area contributed by atoms with Gasteiger partial charge in [0.25, 0.3) is 5.91 Å². The number of nitrogens with zero attached hydrogens (tertiary/aromatic N) is 1. The van der Waals surface area contributed by atoms with E-state index in [1.807, 2.05) is 6.07 Å². The Morgan fingerprint density at radius 3 is 2.69 bits per heavy atom. The monoisotopic (exact) mass is 436 g/mol. The van der Waals surface area contributed by atoms with Crippen LogP contribution in [0.25, 0.3) is 0 Å². The van der Waals surface area contributed by atoms with E-state index >= 15 is 0 Å². The molecule has 0 bridgehead atoms. The summed E-state index contributed by atoms with van der Waals surface area (Å²) in [5.41, 5.74) is 3.99. The van der Waals surface area contributed by atoms with Gasteiger partial charge in [0.2, 0.25) is 6.10 Å². The molecule has 0 aromatic heterocycles. The summed E-state index contributed by atoms with van der Waals surface area (Å²) in [5, 5.41) is 3.99. The number of methoxy groups -OCH3 is 1. The first-order valence-corrected chi connectivity index (χ1v) is 9.89. The van der Waals surface area contributed by atoms with Crippen LogP contribution in [0.15, 0.2) is 71.8 Å². The number of amides is 1. The van der Waals surface area contributed by atoms with Gasteiger partial charge in [-0.1, -0.05) is 24.3 Å². The van der Waals surface area contributed by atoms with Crippen molar-refractivity contribution in [3.05, 3.63) is 83.7 Å². The predicted octanol–water partition coefficient (Wildman–Crippen LogP) is 3.70. The molecule has 8 heteroatoms. The maximum Gasteiger partial charge on any atom is 0.284 e. The van der Waals surface area contributed by atoms with Gasteiger partial charge in [-0.25, -0.2) is 9.82 Å². The lowest BCUT2D eigenvalue weighted by molar-refractivity contribution is -0.130. The third-order valence-electron chi connectivity index (χ3n) is 4.68. The van der Waals surface area contributed by atoms with Gasteiger partial charge in [0.15, 0.2) is 23.0 Å². The van der Waals surface area contributed by atoms with Crippen molar-refractivity contribution in [3.8, 4) is 23.0 Å². The van der Waals surface area contributed by atoms with Gasteiger partial charge in [0.1, 0.15) is 19.0 Å². The summed E-state index contributed by atoms with van der Waals surface area (Å²) < 4.78 is 35.4. The third kappa shape index (κ3) is 5.15. The number of benzene rings is 3. The highest BCUT2D eigenvalue weighted by atomic mass is 19.1. The Bertz CT molecular complexity index is 1120. The summed E-state index contributed by atoms with van der Waals surface area (Å²) in [5.74, 6) is 1.45. The summed E-state index contributed by atoms with van der Waals surface area (Å²) in [6, 6.07) is 18.5. The summed E-state index contributed by atoms with van der Waals surface area (Å²) in [7, 11) is 1.53. The van der Waals surface area contributed by atoms with Gasteiger partial charge in [0, 0.05) is 0 Å². The average Bonchev–Trinajstić information content (AvgIpc) is 2.83. The molecule has 0 unspecified atom stereocenters. The molecule has 1 atom stereocenters. The molecular weight excluding hydrogens is 415 g/mol. The Morgan fingerprint density at radius 2 is 1.91 bits per heavy atom. The normalized spacial score (nSPS) is 14.8. The Hall–Kier alpha value is -4.07. The van der Waals surface area contributed by atoms with Crippen molar-refractivity contribution in [1.82, 2.24) is 5.43 Å². The SMILES string of the molecule is COc1cc(/C=N\NC(=O)[C@@H]2COc3ccccc3O2)ccc1OCc1ccc(F)cc1. The highest BCUT2D eigenvalue weighted by molar-refractivity contribution is 5.85. The van der Waals surface area contributed by atoms with Crippen LogP contribution in [0, 0.1) is 5.82 Å². The zero-order chi connectivity index (χ0) is 22.3. The van der Waals surface area contributed by atoms with E-state index in [9.17, 15) is 9.18 Å². The zero-order valence-electron chi connectivity index (χ0n) is 17.3. The van der Waals surface area contributed by atoms with Gasteiger partial charge in [-0.05, 0) is 53.6 Å². The molecule has 1 amide bonds. The molecule has 1 aliphatic rings. The lowest BCUT2D eigenvalue weighted by atomic mass is 10.2. The Morgan fingerprint density at radius 1 is 1.12 bits per heavy atom. The van der Waals surface area contributed by atoms with Crippen LogP contribution in [0.3, 0.4) is 0 Å². The van der Waals surface area contributed by atoms with Crippen LogP contribution < -0.4 is 24.4 Å². The van der Waals surface area contributed by atoms with Crippen molar-refractivity contribution >= 4 is 12.1 Å². The molecule has 32 heavy (non-hydrogen) atoms. The second kappa shape index (κ2) is 9.82. The summed E-state index contributed by atoms with van der Waals surface area (Å²) in [6.45, 7) is 0.374. The molecule has 7 nitrogen and oxygen atoms in total. The molecule has 0 radical (unpaired) electrons. The van der Waals surface area contributed by atoms with Gasteiger partial charge in [0.05, 0.1) is 13.3 Å². The van der Waals surface area contributed by atoms with Gasteiger partial charge in [-0.2, -0.15) is 5.10 Å². The van der Waals surface area contributed by atoms with Crippen LogP contribution in [0.5, 0.6) is 23.0 Å². The van der Waals surface area contributed by atoms with E-state index in [1.165, 1.54) is 25.5 Å². The van der Waals surface area contributed by atoms with Crippen LogP contribution in [-0.2, 0) is 11.4 Å². The van der Waals surface area contributed by atoms with Crippen molar-refractivity contribution in [3.63, 3.8) is 0 Å². The molecule has 4 rings (SSSR count). The maximum absolute atomic E-state index is 13.0. The molecule has 0 saturated carbocycles. The van der Waals surface area contributed by atoms with Crippen LogP contribution in [0.2, 0.25) is 0 Å². The summed E-state index contributed by atoms with van der Waals surface area (Å²) in [6.07, 6.45) is 0.695. The van der Waals surface area contributed by atoms with Crippen molar-refractivity contribution in [2.75, 3.05) is 13.7 Å². The number of fused-ring (bicyclic) bond motifs is 1. The van der Waals surface area contributed by atoms with Crippen LogP contribution >= 0.6 is 0 Å². The fraction of sp³-hybridized carbons (Fsp3) is 0.167. The topological polar surface area (TPSA) is 78.4 Å². The number of nitrogens with one attached hydrogen (secondary N) is 1. The highest BCUT2D eigenvalue weighted by Gasteiger charge is 2.27. The van der Waals surface area contributed by atoms with Crippen LogP contribution in [0.4, 0.5) is 4.39 Å². The summed E-state index contributed by atoms with van der Waals surface area (Å²) >= 11 is 0. The van der Waals surface area contributed by atoms with Crippen molar-refractivity contribution in [2.24, 2.45) is 5.10 Å². The standard InChI is InChI=1S/C24H21FN2O5/c1-29-22-12-17(8-11-20(22)30-14-16-6-9-18(25)10-7-16)13-26-27-24(28)23-15-31-19-4-2-3-5-21(19)32-23/h2-13,23H,14-15H2,1H3,(H,27,28)/b26-13-/t23-/m0/s1. The number of rotatable bonds is 7. The van der Waals surface area contributed by atoms with E-state index in [4.69, 9.17) is 18.9 Å². The molecule has 0 aliphatic carbocycles. The van der Waals surface area contributed by atoms with Crippen molar-refractivity contribution in [2.45, 2.75) is 12.7 Å². The Balaban J connectivity index is 1.33. The smallest absolute Gasteiger partial charge is 0.284 e. The first-order valence-electron chi connectivity index (χ1n) is 9.89. The van der Waals surface area contributed by atoms with Gasteiger partial charge >= 0.3 is 0 Å². The minimum atomic E-state index is -0.793. The molecule has 164 valence electrons. The van der Waals surface area contributed by atoms with E-state index in [1.54, 1.807) is 48.5 Å². The maximum atomic E-state index is 13.0. The van der Waals surface area contributed by atoms with E-state index in [2.05, 4.69) is 10.5 Å². The number of ether oxygens (including phenoxy) is 4. The zero-order valence-corrected chi connectivity index (χ0v) is 17.3. The number of carbonyl (C=O) groups is 1. The average molecular weight is 436 g/mol. The number of hydrazone groups is 1. The first-order chi connectivity index (χ1) is 15.6. The summed E-state index contributed by atoms with van der Waals surface area (Å²) in [4.78, 5) is 12.3. The third-order valence-corrected chi connectivity index (χ3v) is 4.68. The molecule has 1 aliphatic heterocycles. The van der Waals surface area contributed by atoms with E-state index in [0.29, 0.717) is 28.6 Å². The molecular formula is C24H21FN2O5. The number of halogens is 1. The van der Waals surface area contributed by atoms with E-state index in [-0.39, 0.29) is 19.0 Å². The lowest BCUT2D eigenvalue weighted by Gasteiger charge is -2.24. The number of hydrogen-bond acceptors (Lipinski definition) is 6. The molecule has 3 aromatic rings. The minimum absolute atomic E-state index is 0.103. The number of hydrogen-bond donors (Lipinski definition) is 1. The van der Waals surface area contributed by atoms with E-state index < -0.39 is 12.0 Å².